The minimum Gasteiger partial charge on any atom is -0.486 e. The van der Waals surface area contributed by atoms with Gasteiger partial charge in [0.1, 0.15) is 24.7 Å². The summed E-state index contributed by atoms with van der Waals surface area (Å²) in [4.78, 5) is 4.61. The lowest BCUT2D eigenvalue weighted by Crippen LogP contribution is -2.56. The number of nitrogens with two attached hydrogens (primary N) is 1. The van der Waals surface area contributed by atoms with E-state index < -0.39 is 0 Å². The van der Waals surface area contributed by atoms with Crippen LogP contribution in [0, 0.1) is 12.7 Å². The van der Waals surface area contributed by atoms with Crippen molar-refractivity contribution in [2.75, 3.05) is 32.8 Å². The van der Waals surface area contributed by atoms with Crippen molar-refractivity contribution in [2.24, 2.45) is 5.73 Å². The zero-order valence-electron chi connectivity index (χ0n) is 17.2. The van der Waals surface area contributed by atoms with E-state index in [4.69, 9.17) is 15.2 Å². The standard InChI is InChI=1S/C24H27FN3O2/c1-16-3-6-20-21(27-16)7-8-23-24(20)30-19(15-29-23)14-28(11-2-10-26)12-9-17-4-5-18(25)13-22(17)28/h3-8,13,19H,2,9-12,14-15,26H2,1H3/q+1/t19-,28?/m0/s1. The fourth-order valence-corrected chi connectivity index (χ4v) is 4.91. The molecule has 2 aliphatic rings. The second-order valence-corrected chi connectivity index (χ2v) is 8.40. The lowest BCUT2D eigenvalue weighted by molar-refractivity contribution is 0.0642. The van der Waals surface area contributed by atoms with Crippen molar-refractivity contribution in [3.63, 3.8) is 0 Å². The average molecular weight is 408 g/mol. The molecule has 0 saturated carbocycles. The molecule has 1 aromatic heterocycles. The predicted molar refractivity (Wildman–Crippen MR) is 117 cm³/mol. The molecule has 3 aromatic rings. The summed E-state index contributed by atoms with van der Waals surface area (Å²) >= 11 is 0. The Morgan fingerprint density at radius 2 is 2.10 bits per heavy atom. The fourth-order valence-electron chi connectivity index (χ4n) is 4.91. The molecule has 0 amide bonds. The van der Waals surface area contributed by atoms with Crippen molar-refractivity contribution in [3.8, 4) is 11.5 Å². The van der Waals surface area contributed by atoms with Crippen molar-refractivity contribution in [3.05, 3.63) is 59.5 Å². The van der Waals surface area contributed by atoms with Crippen LogP contribution in [0.1, 0.15) is 17.7 Å². The van der Waals surface area contributed by atoms with Gasteiger partial charge in [-0.3, -0.25) is 9.47 Å². The quantitative estimate of drug-likeness (QED) is 0.654. The molecule has 1 unspecified atom stereocenters. The Balaban J connectivity index is 1.48. The van der Waals surface area contributed by atoms with E-state index in [1.165, 1.54) is 5.56 Å². The topological polar surface area (TPSA) is 57.4 Å². The zero-order valence-corrected chi connectivity index (χ0v) is 17.2. The van der Waals surface area contributed by atoms with Crippen LogP contribution in [0.2, 0.25) is 0 Å². The van der Waals surface area contributed by atoms with Gasteiger partial charge in [0.2, 0.25) is 0 Å². The monoisotopic (exact) mass is 408 g/mol. The molecule has 0 saturated heterocycles. The van der Waals surface area contributed by atoms with E-state index in [-0.39, 0.29) is 11.9 Å². The van der Waals surface area contributed by atoms with E-state index in [1.54, 1.807) is 12.1 Å². The van der Waals surface area contributed by atoms with Crippen molar-refractivity contribution in [2.45, 2.75) is 25.9 Å². The van der Waals surface area contributed by atoms with Gasteiger partial charge in [0.15, 0.2) is 17.6 Å². The van der Waals surface area contributed by atoms with Crippen molar-refractivity contribution in [1.29, 1.82) is 0 Å². The molecule has 30 heavy (non-hydrogen) atoms. The van der Waals surface area contributed by atoms with Crippen LogP contribution in [0.15, 0.2) is 42.5 Å². The smallest absolute Gasteiger partial charge is 0.182 e. The van der Waals surface area contributed by atoms with Crippen molar-refractivity contribution in [1.82, 2.24) is 9.47 Å². The molecule has 2 aliphatic heterocycles. The number of ether oxygens (including phenoxy) is 2. The number of pyridine rings is 1. The Morgan fingerprint density at radius 1 is 1.20 bits per heavy atom. The maximum absolute atomic E-state index is 14.1. The van der Waals surface area contributed by atoms with E-state index >= 15 is 0 Å². The molecule has 2 aromatic carbocycles. The lowest BCUT2D eigenvalue weighted by Gasteiger charge is -2.39. The van der Waals surface area contributed by atoms with Gasteiger partial charge in [-0.15, -0.1) is 0 Å². The number of hydrogen-bond donors (Lipinski definition) is 1. The minimum absolute atomic E-state index is 0.128. The van der Waals surface area contributed by atoms with Crippen LogP contribution in [-0.4, -0.2) is 43.9 Å². The highest BCUT2D eigenvalue weighted by molar-refractivity contribution is 5.88. The normalized spacial score (nSPS) is 22.3. The molecule has 0 aliphatic carbocycles. The number of hydrogen-bond acceptors (Lipinski definition) is 4. The Hall–Kier alpha value is -2.70. The van der Waals surface area contributed by atoms with Crippen LogP contribution >= 0.6 is 0 Å². The Kier molecular flexibility index (Phi) is 4.83. The molecule has 3 heterocycles. The highest BCUT2D eigenvalue weighted by Gasteiger charge is 2.42. The van der Waals surface area contributed by atoms with Crippen LogP contribution in [0.3, 0.4) is 0 Å². The summed E-state index contributed by atoms with van der Waals surface area (Å²) in [6.45, 7) is 5.61. The van der Waals surface area contributed by atoms with Gasteiger partial charge in [0.25, 0.3) is 0 Å². The summed E-state index contributed by atoms with van der Waals surface area (Å²) in [5.74, 6) is 1.32. The second kappa shape index (κ2) is 7.52. The first-order valence-corrected chi connectivity index (χ1v) is 10.6. The number of rotatable bonds is 5. The number of halogens is 1. The highest BCUT2D eigenvalue weighted by Crippen LogP contribution is 2.41. The van der Waals surface area contributed by atoms with E-state index in [2.05, 4.69) is 4.98 Å². The Morgan fingerprint density at radius 3 is 2.97 bits per heavy atom. The molecule has 2 N–H and O–H groups in total. The Labute approximate surface area is 175 Å². The summed E-state index contributed by atoms with van der Waals surface area (Å²) in [7, 11) is 0. The molecule has 6 heteroatoms. The van der Waals surface area contributed by atoms with Crippen LogP contribution in [0.4, 0.5) is 10.1 Å². The molecular formula is C24H27FN3O2+. The van der Waals surface area contributed by atoms with Crippen LogP contribution < -0.4 is 19.7 Å². The third-order valence-electron chi connectivity index (χ3n) is 6.35. The van der Waals surface area contributed by atoms with Gasteiger partial charge in [-0.05, 0) is 49.9 Å². The lowest BCUT2D eigenvalue weighted by atomic mass is 10.1. The average Bonchev–Trinajstić information content (AvgIpc) is 3.09. The largest absolute Gasteiger partial charge is 0.486 e. The van der Waals surface area contributed by atoms with Gasteiger partial charge < -0.3 is 15.2 Å². The predicted octanol–water partition coefficient (Wildman–Crippen LogP) is 3.73. The van der Waals surface area contributed by atoms with Crippen LogP contribution in [0.25, 0.3) is 10.9 Å². The van der Waals surface area contributed by atoms with E-state index in [9.17, 15) is 4.39 Å². The number of aryl methyl sites for hydroxylation is 1. The van der Waals surface area contributed by atoms with E-state index in [1.807, 2.05) is 37.3 Å². The molecule has 0 fully saturated rings. The number of fused-ring (bicyclic) bond motifs is 4. The molecule has 5 rings (SSSR count). The summed E-state index contributed by atoms with van der Waals surface area (Å²) in [6, 6.07) is 13.1. The second-order valence-electron chi connectivity index (χ2n) is 8.40. The summed E-state index contributed by atoms with van der Waals surface area (Å²) in [5.41, 5.74) is 9.99. The Bertz CT molecular complexity index is 1100. The number of nitrogens with zero attached hydrogens (tertiary/aromatic N) is 2. The van der Waals surface area contributed by atoms with E-state index in [0.717, 1.165) is 66.3 Å². The molecule has 5 nitrogen and oxygen atoms in total. The van der Waals surface area contributed by atoms with Gasteiger partial charge in [-0.2, -0.15) is 0 Å². The maximum Gasteiger partial charge on any atom is 0.182 e. The minimum atomic E-state index is -0.190. The third kappa shape index (κ3) is 3.30. The van der Waals surface area contributed by atoms with Gasteiger partial charge in [-0.25, -0.2) is 4.39 Å². The van der Waals surface area contributed by atoms with Crippen LogP contribution in [-0.2, 0) is 6.42 Å². The van der Waals surface area contributed by atoms with Gasteiger partial charge in [-0.1, -0.05) is 0 Å². The van der Waals surface area contributed by atoms with E-state index in [0.29, 0.717) is 17.6 Å². The van der Waals surface area contributed by atoms with Gasteiger partial charge in [0, 0.05) is 35.6 Å². The van der Waals surface area contributed by atoms with Crippen molar-refractivity contribution < 1.29 is 13.9 Å². The van der Waals surface area contributed by atoms with Gasteiger partial charge in [0.05, 0.1) is 18.6 Å². The number of quaternary nitrogens is 1. The molecule has 0 bridgehead atoms. The summed E-state index contributed by atoms with van der Waals surface area (Å²) in [5, 5.41) is 0.962. The molecule has 0 spiro atoms. The molecule has 0 radical (unpaired) electrons. The third-order valence-corrected chi connectivity index (χ3v) is 6.35. The first-order chi connectivity index (χ1) is 14.6. The maximum atomic E-state index is 14.1. The number of aromatic nitrogens is 1. The van der Waals surface area contributed by atoms with Crippen LogP contribution in [0.5, 0.6) is 11.5 Å². The summed E-state index contributed by atoms with van der Waals surface area (Å²) in [6.07, 6.45) is 1.69. The molecule has 2 atom stereocenters. The summed E-state index contributed by atoms with van der Waals surface area (Å²) < 4.78 is 27.4. The first kappa shape index (κ1) is 19.3. The first-order valence-electron chi connectivity index (χ1n) is 10.6. The fraction of sp³-hybridized carbons (Fsp3) is 0.375. The molecular weight excluding hydrogens is 381 g/mol. The van der Waals surface area contributed by atoms with Crippen molar-refractivity contribution >= 4 is 16.6 Å². The highest BCUT2D eigenvalue weighted by atomic mass is 19.1. The number of benzene rings is 2. The zero-order chi connectivity index (χ0) is 20.7. The van der Waals surface area contributed by atoms with Gasteiger partial charge >= 0.3 is 0 Å². The molecule has 156 valence electrons. The SMILES string of the molecule is Cc1ccc2c3c(ccc2n1)OC[C@H](C[N+]1(CCCN)CCc2ccc(F)cc21)O3.